The van der Waals surface area contributed by atoms with Gasteiger partial charge in [0.2, 0.25) is 0 Å². The minimum Gasteiger partial charge on any atom is -0.493 e. The fraction of sp³-hybridized carbons (Fsp3) is 0.333. The topological polar surface area (TPSA) is 90.5 Å². The van der Waals surface area contributed by atoms with Crippen LogP contribution in [0.5, 0.6) is 11.5 Å². The van der Waals surface area contributed by atoms with Gasteiger partial charge in [-0.05, 0) is 43.2 Å². The summed E-state index contributed by atoms with van der Waals surface area (Å²) < 4.78 is 51.7. The Hall–Kier alpha value is -2.40. The summed E-state index contributed by atoms with van der Waals surface area (Å²) in [5, 5.41) is 17.9. The molecule has 3 aromatic rings. The van der Waals surface area contributed by atoms with Crippen molar-refractivity contribution < 1.29 is 27.8 Å². The van der Waals surface area contributed by atoms with Crippen molar-refractivity contribution in [3.05, 3.63) is 58.1 Å². The van der Waals surface area contributed by atoms with Crippen LogP contribution in [0.3, 0.4) is 0 Å². The monoisotopic (exact) mass is 487 g/mol. The summed E-state index contributed by atoms with van der Waals surface area (Å²) in [7, 11) is 0. The van der Waals surface area contributed by atoms with Gasteiger partial charge in [-0.25, -0.2) is 0 Å². The lowest BCUT2D eigenvalue weighted by Crippen LogP contribution is -2.13. The summed E-state index contributed by atoms with van der Waals surface area (Å²) in [4.78, 5) is 0. The van der Waals surface area contributed by atoms with Gasteiger partial charge in [0, 0.05) is 5.56 Å². The van der Waals surface area contributed by atoms with Crippen LogP contribution in [0, 0.1) is 0 Å². The Labute approximate surface area is 191 Å². The van der Waals surface area contributed by atoms with Crippen molar-refractivity contribution in [1.82, 2.24) is 10.2 Å². The van der Waals surface area contributed by atoms with E-state index in [0.29, 0.717) is 35.2 Å². The molecule has 0 spiro atoms. The Morgan fingerprint density at radius 2 is 1.72 bits per heavy atom. The number of para-hydroxylation sites is 1. The second-order valence-electron chi connectivity index (χ2n) is 6.78. The van der Waals surface area contributed by atoms with E-state index < -0.39 is 17.8 Å². The van der Waals surface area contributed by atoms with Crippen molar-refractivity contribution in [3.8, 4) is 22.1 Å². The predicted molar refractivity (Wildman–Crippen MR) is 116 cm³/mol. The highest BCUT2D eigenvalue weighted by molar-refractivity contribution is 7.14. The number of halogens is 4. The van der Waals surface area contributed by atoms with Crippen molar-refractivity contribution in [2.45, 2.75) is 25.1 Å². The molecule has 0 aliphatic heterocycles. The molecule has 0 saturated carbocycles. The number of alkyl halides is 3. The number of rotatable bonds is 10. The van der Waals surface area contributed by atoms with E-state index >= 15 is 0 Å². The maximum absolute atomic E-state index is 13.6. The molecule has 0 radical (unpaired) electrons. The molecule has 11 heteroatoms. The highest BCUT2D eigenvalue weighted by Crippen LogP contribution is 2.39. The van der Waals surface area contributed by atoms with Crippen molar-refractivity contribution >= 4 is 22.9 Å². The highest BCUT2D eigenvalue weighted by Gasteiger charge is 2.35. The van der Waals surface area contributed by atoms with Gasteiger partial charge in [-0.1, -0.05) is 35.1 Å². The van der Waals surface area contributed by atoms with Crippen LogP contribution in [-0.4, -0.2) is 35.1 Å². The molecule has 0 aliphatic carbocycles. The van der Waals surface area contributed by atoms with Gasteiger partial charge in [0.15, 0.2) is 0 Å². The van der Waals surface area contributed by atoms with Gasteiger partial charge in [0.05, 0.1) is 36.4 Å². The van der Waals surface area contributed by atoms with Crippen LogP contribution in [-0.2, 0) is 6.18 Å². The van der Waals surface area contributed by atoms with E-state index in [1.54, 1.807) is 24.3 Å². The number of nitrogens with zero attached hydrogens (tertiary/aromatic N) is 2. The van der Waals surface area contributed by atoms with Crippen LogP contribution in [0.25, 0.3) is 10.6 Å². The molecule has 0 bridgehead atoms. The quantitative estimate of drug-likeness (QED) is 0.386. The summed E-state index contributed by atoms with van der Waals surface area (Å²) in [6.45, 7) is 0.134. The molecule has 6 nitrogen and oxygen atoms in total. The van der Waals surface area contributed by atoms with Crippen LogP contribution in [0.1, 0.15) is 29.5 Å². The molecular formula is C21H21ClF3N3O3S. The number of hydrogen-bond acceptors (Lipinski definition) is 7. The van der Waals surface area contributed by atoms with Crippen molar-refractivity contribution in [2.75, 3.05) is 19.8 Å². The number of nitrogens with two attached hydrogens (primary N) is 1. The van der Waals surface area contributed by atoms with E-state index in [0.717, 1.165) is 17.4 Å². The molecule has 1 atom stereocenters. The van der Waals surface area contributed by atoms with Gasteiger partial charge in [-0.15, -0.1) is 10.2 Å². The molecule has 0 fully saturated rings. The van der Waals surface area contributed by atoms with Crippen LogP contribution in [0.4, 0.5) is 13.2 Å². The average Bonchev–Trinajstić information content (AvgIpc) is 3.26. The molecule has 2 aromatic carbocycles. The molecule has 3 N–H and O–H groups in total. The van der Waals surface area contributed by atoms with Crippen molar-refractivity contribution in [1.29, 1.82) is 0 Å². The zero-order valence-electron chi connectivity index (χ0n) is 16.8. The van der Waals surface area contributed by atoms with Gasteiger partial charge in [-0.2, -0.15) is 13.2 Å². The SMILES string of the molecule is N[C@@H](CO)c1nnc(-c2ccc(OCCCCOc3ccccc3Cl)c(C(F)(F)F)c2)s1. The molecule has 172 valence electrons. The first kappa shape index (κ1) is 24.2. The van der Waals surface area contributed by atoms with Gasteiger partial charge >= 0.3 is 6.18 Å². The third kappa shape index (κ3) is 6.32. The standard InChI is InChI=1S/C21H21ClF3N3O3S/c22-15-5-1-2-6-18(15)31-10-4-3-9-30-17-8-7-13(11-14(17)21(23,24)25)19-27-28-20(32-19)16(26)12-29/h1-2,5-8,11,16,29H,3-4,9-10,12,26H2/t16-/m0/s1. The van der Waals surface area contributed by atoms with Gasteiger partial charge in [0.1, 0.15) is 21.5 Å². The zero-order valence-corrected chi connectivity index (χ0v) is 18.4. The van der Waals surface area contributed by atoms with Crippen molar-refractivity contribution in [2.24, 2.45) is 5.73 Å². The smallest absolute Gasteiger partial charge is 0.419 e. The van der Waals surface area contributed by atoms with E-state index in [1.807, 2.05) is 0 Å². The Morgan fingerprint density at radius 1 is 1.03 bits per heavy atom. The Balaban J connectivity index is 1.60. The van der Waals surface area contributed by atoms with E-state index in [2.05, 4.69) is 10.2 Å². The predicted octanol–water partition coefficient (Wildman–Crippen LogP) is 5.11. The lowest BCUT2D eigenvalue weighted by molar-refractivity contribution is -0.138. The van der Waals surface area contributed by atoms with E-state index in [-0.39, 0.29) is 29.5 Å². The van der Waals surface area contributed by atoms with Crippen LogP contribution in [0.2, 0.25) is 5.02 Å². The summed E-state index contributed by atoms with van der Waals surface area (Å²) in [6, 6.07) is 10.1. The van der Waals surface area contributed by atoms with Crippen LogP contribution >= 0.6 is 22.9 Å². The first-order valence-corrected chi connectivity index (χ1v) is 10.9. The Morgan fingerprint density at radius 3 is 2.38 bits per heavy atom. The van der Waals surface area contributed by atoms with Crippen LogP contribution < -0.4 is 15.2 Å². The van der Waals surface area contributed by atoms with Crippen molar-refractivity contribution in [3.63, 3.8) is 0 Å². The number of benzene rings is 2. The molecule has 0 amide bonds. The van der Waals surface area contributed by atoms with E-state index in [1.165, 1.54) is 12.1 Å². The maximum atomic E-state index is 13.6. The third-order valence-corrected chi connectivity index (χ3v) is 5.79. The molecule has 0 saturated heterocycles. The lowest BCUT2D eigenvalue weighted by atomic mass is 10.1. The molecule has 32 heavy (non-hydrogen) atoms. The lowest BCUT2D eigenvalue weighted by Gasteiger charge is -2.15. The number of aliphatic hydroxyl groups is 1. The van der Waals surface area contributed by atoms with Gasteiger partial charge in [-0.3, -0.25) is 0 Å². The summed E-state index contributed by atoms with van der Waals surface area (Å²) in [5.74, 6) is 0.301. The minimum absolute atomic E-state index is 0.0998. The fourth-order valence-corrected chi connectivity index (χ4v) is 3.74. The molecule has 1 aromatic heterocycles. The first-order valence-electron chi connectivity index (χ1n) is 9.71. The second kappa shape index (κ2) is 11.0. The zero-order chi connectivity index (χ0) is 23.1. The minimum atomic E-state index is -4.60. The number of aliphatic hydroxyl groups excluding tert-OH is 1. The van der Waals surface area contributed by atoms with E-state index in [4.69, 9.17) is 31.9 Å². The molecule has 0 aliphatic rings. The number of hydrogen-bond donors (Lipinski definition) is 2. The Bertz CT molecular complexity index is 1030. The summed E-state index contributed by atoms with van der Waals surface area (Å²) >= 11 is 7.04. The second-order valence-corrected chi connectivity index (χ2v) is 8.19. The fourth-order valence-electron chi connectivity index (χ4n) is 2.72. The van der Waals surface area contributed by atoms with E-state index in [9.17, 15) is 13.2 Å². The number of ether oxygens (including phenoxy) is 2. The largest absolute Gasteiger partial charge is 0.493 e. The van der Waals surface area contributed by atoms with Crippen LogP contribution in [0.15, 0.2) is 42.5 Å². The maximum Gasteiger partial charge on any atom is 0.419 e. The summed E-state index contributed by atoms with van der Waals surface area (Å²) in [6.07, 6.45) is -3.51. The molecule has 1 heterocycles. The molecule has 0 unspecified atom stereocenters. The number of unbranched alkanes of at least 4 members (excludes halogenated alkanes) is 1. The first-order chi connectivity index (χ1) is 15.3. The highest BCUT2D eigenvalue weighted by atomic mass is 35.5. The molecule has 3 rings (SSSR count). The van der Waals surface area contributed by atoms with Gasteiger partial charge in [0.25, 0.3) is 0 Å². The normalized spacial score (nSPS) is 12.6. The third-order valence-electron chi connectivity index (χ3n) is 4.38. The Kier molecular flexibility index (Phi) is 8.30. The average molecular weight is 488 g/mol. The number of aromatic nitrogens is 2. The van der Waals surface area contributed by atoms with Gasteiger partial charge < -0.3 is 20.3 Å². The summed E-state index contributed by atoms with van der Waals surface area (Å²) in [5.41, 5.74) is 5.03. The molecular weight excluding hydrogens is 467 g/mol.